The summed E-state index contributed by atoms with van der Waals surface area (Å²) in [7, 11) is 3.39. The van der Waals surface area contributed by atoms with Gasteiger partial charge in [-0.25, -0.2) is 0 Å². The van der Waals surface area contributed by atoms with Crippen molar-refractivity contribution in [2.75, 3.05) is 14.2 Å². The average Bonchev–Trinajstić information content (AvgIpc) is 2.45. The van der Waals surface area contributed by atoms with Crippen LogP contribution in [-0.2, 0) is 9.47 Å². The maximum Gasteiger partial charge on any atom is 0.179 e. The third-order valence-electron chi connectivity index (χ3n) is 3.20. The summed E-state index contributed by atoms with van der Waals surface area (Å²) in [6.07, 6.45) is 7.99. The highest BCUT2D eigenvalue weighted by Gasteiger charge is 2.12. The zero-order valence-corrected chi connectivity index (χ0v) is 12.4. The predicted molar refractivity (Wildman–Crippen MR) is 81.0 cm³/mol. The Morgan fingerprint density at radius 3 is 2.32 bits per heavy atom. The fourth-order valence-corrected chi connectivity index (χ4v) is 2.18. The first kappa shape index (κ1) is 15.9. The average molecular weight is 262 g/mol. The van der Waals surface area contributed by atoms with Gasteiger partial charge in [0.1, 0.15) is 0 Å². The third-order valence-corrected chi connectivity index (χ3v) is 3.20. The molecule has 0 aliphatic carbocycles. The molecule has 0 aliphatic rings. The molecule has 0 radical (unpaired) electrons. The van der Waals surface area contributed by atoms with Gasteiger partial charge >= 0.3 is 0 Å². The van der Waals surface area contributed by atoms with Gasteiger partial charge in [0.15, 0.2) is 6.29 Å². The van der Waals surface area contributed by atoms with Crippen LogP contribution in [0.1, 0.15) is 44.6 Å². The van der Waals surface area contributed by atoms with Gasteiger partial charge in [-0.1, -0.05) is 62.6 Å². The number of hydrogen-bond donors (Lipinski definition) is 0. The highest BCUT2D eigenvalue weighted by atomic mass is 16.7. The molecule has 2 heteroatoms. The highest BCUT2D eigenvalue weighted by Crippen LogP contribution is 2.19. The summed E-state index contributed by atoms with van der Waals surface area (Å²) in [6.45, 7) is 2.23. The first-order valence-corrected chi connectivity index (χ1v) is 7.13. The first-order chi connectivity index (χ1) is 9.31. The lowest BCUT2D eigenvalue weighted by molar-refractivity contribution is -0.0760. The topological polar surface area (TPSA) is 18.5 Å². The van der Waals surface area contributed by atoms with Crippen molar-refractivity contribution in [3.05, 3.63) is 41.5 Å². The quantitative estimate of drug-likeness (QED) is 0.476. The van der Waals surface area contributed by atoms with Gasteiger partial charge in [-0.2, -0.15) is 0 Å². The van der Waals surface area contributed by atoms with Gasteiger partial charge in [-0.05, 0) is 24.0 Å². The van der Waals surface area contributed by atoms with Crippen molar-refractivity contribution in [3.8, 4) is 0 Å². The summed E-state index contributed by atoms with van der Waals surface area (Å²) < 4.78 is 10.8. The van der Waals surface area contributed by atoms with Crippen LogP contribution < -0.4 is 0 Å². The van der Waals surface area contributed by atoms with Crippen molar-refractivity contribution >= 4 is 6.08 Å². The van der Waals surface area contributed by atoms with Crippen LogP contribution in [0.4, 0.5) is 0 Å². The molecule has 106 valence electrons. The van der Waals surface area contributed by atoms with E-state index in [9.17, 15) is 0 Å². The third kappa shape index (κ3) is 6.04. The molecule has 0 atom stereocenters. The van der Waals surface area contributed by atoms with E-state index in [0.717, 1.165) is 6.42 Å². The lowest BCUT2D eigenvalue weighted by Crippen LogP contribution is -2.16. The van der Waals surface area contributed by atoms with Gasteiger partial charge in [0, 0.05) is 14.2 Å². The van der Waals surface area contributed by atoms with E-state index in [-0.39, 0.29) is 6.29 Å². The lowest BCUT2D eigenvalue weighted by atomic mass is 10.0. The molecule has 1 aromatic rings. The Hall–Kier alpha value is -1.12. The minimum atomic E-state index is -0.234. The summed E-state index contributed by atoms with van der Waals surface area (Å²) in [5, 5.41) is 0. The van der Waals surface area contributed by atoms with Gasteiger partial charge in [0.2, 0.25) is 0 Å². The van der Waals surface area contributed by atoms with E-state index in [2.05, 4.69) is 37.3 Å². The summed E-state index contributed by atoms with van der Waals surface area (Å²) in [5.41, 5.74) is 2.42. The first-order valence-electron chi connectivity index (χ1n) is 7.13. The molecule has 0 saturated carbocycles. The molecule has 0 saturated heterocycles. The summed E-state index contributed by atoms with van der Waals surface area (Å²) in [6, 6.07) is 10.3. The zero-order valence-electron chi connectivity index (χ0n) is 12.4. The van der Waals surface area contributed by atoms with Gasteiger partial charge in [-0.3, -0.25) is 0 Å². The number of ether oxygens (including phenoxy) is 2. The minimum absolute atomic E-state index is 0.234. The normalized spacial score (nSPS) is 12.1. The maximum atomic E-state index is 5.40. The van der Waals surface area contributed by atoms with Crippen LogP contribution in [0.3, 0.4) is 0 Å². The lowest BCUT2D eigenvalue weighted by Gasteiger charge is -2.17. The van der Waals surface area contributed by atoms with E-state index in [1.165, 1.54) is 36.8 Å². The van der Waals surface area contributed by atoms with Crippen molar-refractivity contribution in [3.63, 3.8) is 0 Å². The number of rotatable bonds is 9. The molecule has 0 bridgehead atoms. The van der Waals surface area contributed by atoms with Crippen molar-refractivity contribution in [2.24, 2.45) is 0 Å². The number of unbranched alkanes of at least 4 members (excludes halogenated alkanes) is 3. The molecule has 1 aromatic carbocycles. The standard InChI is InChI=1S/C17H26O2/c1-4-5-6-10-13-16(17(18-2)19-3)14-15-11-8-7-9-12-15/h7-9,11-12,14,17H,4-6,10,13H2,1-3H3/b16-14+. The van der Waals surface area contributed by atoms with Crippen LogP contribution in [0.2, 0.25) is 0 Å². The number of methoxy groups -OCH3 is 2. The van der Waals surface area contributed by atoms with E-state index in [4.69, 9.17) is 9.47 Å². The molecule has 0 amide bonds. The van der Waals surface area contributed by atoms with E-state index >= 15 is 0 Å². The molecule has 0 aliphatic heterocycles. The number of hydrogen-bond acceptors (Lipinski definition) is 2. The van der Waals surface area contributed by atoms with Gasteiger partial charge in [0.05, 0.1) is 0 Å². The molecule has 19 heavy (non-hydrogen) atoms. The molecule has 0 unspecified atom stereocenters. The fraction of sp³-hybridized carbons (Fsp3) is 0.529. The van der Waals surface area contributed by atoms with Crippen LogP contribution in [0.25, 0.3) is 6.08 Å². The Labute approximate surface area is 117 Å². The Balaban J connectivity index is 2.71. The summed E-state index contributed by atoms with van der Waals surface area (Å²) in [4.78, 5) is 0. The van der Waals surface area contributed by atoms with Crippen LogP contribution in [0.5, 0.6) is 0 Å². The molecule has 0 spiro atoms. The second-order valence-electron chi connectivity index (χ2n) is 4.74. The van der Waals surface area contributed by atoms with E-state index in [0.29, 0.717) is 0 Å². The minimum Gasteiger partial charge on any atom is -0.352 e. The molecule has 0 N–H and O–H groups in total. The van der Waals surface area contributed by atoms with E-state index in [1.807, 2.05) is 6.07 Å². The molecule has 0 heterocycles. The maximum absolute atomic E-state index is 5.40. The smallest absolute Gasteiger partial charge is 0.179 e. The van der Waals surface area contributed by atoms with Gasteiger partial charge < -0.3 is 9.47 Å². The van der Waals surface area contributed by atoms with Gasteiger partial charge in [-0.15, -0.1) is 0 Å². The fourth-order valence-electron chi connectivity index (χ4n) is 2.18. The summed E-state index contributed by atoms with van der Waals surface area (Å²) in [5.74, 6) is 0. The summed E-state index contributed by atoms with van der Waals surface area (Å²) >= 11 is 0. The molecule has 2 nitrogen and oxygen atoms in total. The van der Waals surface area contributed by atoms with Gasteiger partial charge in [0.25, 0.3) is 0 Å². The van der Waals surface area contributed by atoms with Crippen molar-refractivity contribution in [1.29, 1.82) is 0 Å². The second kappa shape index (κ2) is 9.76. The molecule has 1 rings (SSSR count). The highest BCUT2D eigenvalue weighted by molar-refractivity contribution is 5.53. The van der Waals surface area contributed by atoms with Crippen molar-refractivity contribution in [2.45, 2.75) is 45.3 Å². The Bertz CT molecular complexity index is 353. The van der Waals surface area contributed by atoms with Crippen LogP contribution >= 0.6 is 0 Å². The molecular weight excluding hydrogens is 236 g/mol. The zero-order chi connectivity index (χ0) is 13.9. The molecule has 0 aromatic heterocycles. The van der Waals surface area contributed by atoms with Crippen LogP contribution in [0.15, 0.2) is 35.9 Å². The largest absolute Gasteiger partial charge is 0.352 e. The Morgan fingerprint density at radius 2 is 1.74 bits per heavy atom. The monoisotopic (exact) mass is 262 g/mol. The molecular formula is C17H26O2. The van der Waals surface area contributed by atoms with E-state index in [1.54, 1.807) is 14.2 Å². The number of benzene rings is 1. The Morgan fingerprint density at radius 1 is 1.05 bits per heavy atom. The van der Waals surface area contributed by atoms with Crippen molar-refractivity contribution < 1.29 is 9.47 Å². The van der Waals surface area contributed by atoms with Crippen LogP contribution in [0, 0.1) is 0 Å². The SMILES string of the molecule is CCCCCC/C(=C\c1ccccc1)C(OC)OC. The van der Waals surface area contributed by atoms with Crippen LogP contribution in [-0.4, -0.2) is 20.5 Å². The van der Waals surface area contributed by atoms with E-state index < -0.39 is 0 Å². The Kier molecular flexibility index (Phi) is 8.19. The van der Waals surface area contributed by atoms with Crippen molar-refractivity contribution in [1.82, 2.24) is 0 Å². The second-order valence-corrected chi connectivity index (χ2v) is 4.74. The predicted octanol–water partition coefficient (Wildman–Crippen LogP) is 4.66. The molecule has 0 fully saturated rings.